The number of carbonyl (C=O) groups is 3. The first-order valence-electron chi connectivity index (χ1n) is 15.4. The van der Waals surface area contributed by atoms with Crippen molar-refractivity contribution in [1.29, 1.82) is 0 Å². The summed E-state index contributed by atoms with van der Waals surface area (Å²) in [6.07, 6.45) is -1.20. The van der Waals surface area contributed by atoms with Crippen molar-refractivity contribution in [1.82, 2.24) is 25.1 Å². The Kier molecular flexibility index (Phi) is 9.93. The van der Waals surface area contributed by atoms with Gasteiger partial charge in [0.15, 0.2) is 11.9 Å². The molecule has 0 radical (unpaired) electrons. The highest BCUT2D eigenvalue weighted by atomic mass is 32.1. The number of likely N-dealkylation sites (tertiary alicyclic amines) is 1. The molecule has 1 aromatic heterocycles. The number of carbonyl (C=O) groups excluding carboxylic acids is 3. The van der Waals surface area contributed by atoms with E-state index < -0.39 is 47.1 Å². The topological polar surface area (TPSA) is 160 Å². The third kappa shape index (κ3) is 6.30. The first-order valence-corrected chi connectivity index (χ1v) is 17.7. The Morgan fingerprint density at radius 2 is 1.42 bits per heavy atom. The fourth-order valence-electron chi connectivity index (χ4n) is 6.05. The number of benzene rings is 4. The number of esters is 2. The van der Waals surface area contributed by atoms with Gasteiger partial charge in [0.25, 0.3) is 5.69 Å². The molecule has 0 spiro atoms. The van der Waals surface area contributed by atoms with Crippen LogP contribution in [0.4, 0.5) is 5.69 Å². The number of nitro benzene ring substituents is 1. The molecule has 6 rings (SSSR count). The lowest BCUT2D eigenvalue weighted by Gasteiger charge is -2.49. The predicted octanol–water partition coefficient (Wildman–Crippen LogP) is 3.30. The number of nitro groups is 1. The van der Waals surface area contributed by atoms with E-state index in [9.17, 15) is 24.5 Å². The maximum absolute atomic E-state index is 14.8. The minimum absolute atomic E-state index is 0.0573. The number of hydrogen-bond acceptors (Lipinski definition) is 11. The van der Waals surface area contributed by atoms with Gasteiger partial charge in [0.1, 0.15) is 17.9 Å². The second-order valence-electron chi connectivity index (χ2n) is 11.3. The molecule has 50 heavy (non-hydrogen) atoms. The molecule has 1 aliphatic heterocycles. The molecule has 3 atom stereocenters. The highest BCUT2D eigenvalue weighted by Crippen LogP contribution is 2.51. The molecule has 0 N–H and O–H groups in total. The maximum Gasteiger partial charge on any atom is 0.356 e. The number of ether oxygens (including phenoxy) is 2. The molecule has 2 heterocycles. The number of aryl methyl sites for hydroxylation is 1. The zero-order chi connectivity index (χ0) is 35.4. The van der Waals surface area contributed by atoms with Crippen LogP contribution in [0.3, 0.4) is 0 Å². The van der Waals surface area contributed by atoms with E-state index in [2.05, 4.69) is 15.5 Å². The number of β-lactam (4-membered cyclic amide) rings is 1. The molecule has 0 bridgehead atoms. The van der Waals surface area contributed by atoms with Crippen LogP contribution in [0.2, 0.25) is 0 Å². The molecular weight excluding hydrogens is 679 g/mol. The number of amides is 1. The minimum Gasteiger partial charge on any atom is -0.456 e. The zero-order valence-corrected chi connectivity index (χ0v) is 28.6. The van der Waals surface area contributed by atoms with E-state index in [0.717, 1.165) is 15.9 Å². The lowest BCUT2D eigenvalue weighted by molar-refractivity contribution is -0.384. The molecule has 1 saturated heterocycles. The van der Waals surface area contributed by atoms with Gasteiger partial charge in [-0.15, -0.1) is 5.10 Å². The molecule has 254 valence electrons. The van der Waals surface area contributed by atoms with E-state index in [1.54, 1.807) is 7.05 Å². The maximum atomic E-state index is 14.8. The Morgan fingerprint density at radius 3 is 1.84 bits per heavy atom. The van der Waals surface area contributed by atoms with Gasteiger partial charge in [-0.3, -0.25) is 24.6 Å². The molecule has 15 heteroatoms. The summed E-state index contributed by atoms with van der Waals surface area (Å²) in [5.41, 5.74) is 0.457. The van der Waals surface area contributed by atoms with Crippen molar-refractivity contribution in [2.45, 2.75) is 25.0 Å². The Hall–Kier alpha value is -5.59. The minimum atomic E-state index is -3.26. The summed E-state index contributed by atoms with van der Waals surface area (Å²) in [5.74, 6) is -2.92. The molecule has 0 aliphatic carbocycles. The lowest BCUT2D eigenvalue weighted by Crippen LogP contribution is -2.65. The molecule has 1 amide bonds. The van der Waals surface area contributed by atoms with Crippen LogP contribution in [0.5, 0.6) is 0 Å². The van der Waals surface area contributed by atoms with Crippen molar-refractivity contribution in [3.05, 3.63) is 137 Å². The molecular formula is C35H31N6O7PS. The van der Waals surface area contributed by atoms with Crippen molar-refractivity contribution in [3.8, 4) is 0 Å². The standard InChI is InChI=1S/C35H31N6O7PS/c1-23(42)48-30(31-36-37-38-39(31)2)29-32(43)40(34(29)50)33(35(44)47-22-24-18-20-25(21-19-24)41(45)46)49(26-12-6-3-7-13-26,27-14-8-4-9-15-27)28-16-10-5-11-17-28/h3-21,29-30,34,50H,22H2,1-2H3. The number of tetrazole rings is 1. The van der Waals surface area contributed by atoms with Gasteiger partial charge >= 0.3 is 11.9 Å². The van der Waals surface area contributed by atoms with Gasteiger partial charge in [0.05, 0.1) is 10.3 Å². The van der Waals surface area contributed by atoms with Gasteiger partial charge in [-0.2, -0.15) is 12.6 Å². The number of hydrogen-bond donors (Lipinski definition) is 1. The second kappa shape index (κ2) is 14.5. The predicted molar refractivity (Wildman–Crippen MR) is 189 cm³/mol. The quantitative estimate of drug-likeness (QED) is 0.0538. The van der Waals surface area contributed by atoms with Crippen molar-refractivity contribution < 1.29 is 28.8 Å². The summed E-state index contributed by atoms with van der Waals surface area (Å²) in [4.78, 5) is 53.7. The summed E-state index contributed by atoms with van der Waals surface area (Å²) in [6.45, 7) is -2.27. The van der Waals surface area contributed by atoms with Gasteiger partial charge < -0.3 is 9.47 Å². The summed E-state index contributed by atoms with van der Waals surface area (Å²) in [7, 11) is 1.56. The van der Waals surface area contributed by atoms with Crippen LogP contribution < -0.4 is 15.9 Å². The average molecular weight is 711 g/mol. The van der Waals surface area contributed by atoms with Crippen molar-refractivity contribution >= 4 is 64.4 Å². The Balaban J connectivity index is 1.59. The van der Waals surface area contributed by atoms with Crippen molar-refractivity contribution in [2.24, 2.45) is 13.0 Å². The summed E-state index contributed by atoms with van der Waals surface area (Å²) in [6, 6.07) is 34.0. The highest BCUT2D eigenvalue weighted by molar-refractivity contribution is 7.96. The van der Waals surface area contributed by atoms with E-state index in [1.165, 1.54) is 40.8 Å². The van der Waals surface area contributed by atoms with Crippen molar-refractivity contribution in [2.75, 3.05) is 0 Å². The SMILES string of the molecule is CC(=O)OC(c1nnnn1C)C1C(=O)N(C(C(=O)OCc2ccc([N+](=O)[O-])cc2)=P(c2ccccc2)(c2ccccc2)c2ccccc2)C1S. The van der Waals surface area contributed by atoms with Gasteiger partial charge in [-0.05, 0) is 44.0 Å². The van der Waals surface area contributed by atoms with Crippen LogP contribution in [-0.2, 0) is 37.5 Å². The first kappa shape index (κ1) is 34.3. The average Bonchev–Trinajstić information content (AvgIpc) is 3.57. The largest absolute Gasteiger partial charge is 0.456 e. The molecule has 1 aliphatic rings. The fourth-order valence-corrected chi connectivity index (χ4v) is 11.0. The monoisotopic (exact) mass is 710 g/mol. The Labute approximate surface area is 292 Å². The fraction of sp³-hybridized carbons (Fsp3) is 0.171. The van der Waals surface area contributed by atoms with Crippen LogP contribution >= 0.6 is 19.5 Å². The summed E-state index contributed by atoms with van der Waals surface area (Å²) >= 11 is 4.89. The van der Waals surface area contributed by atoms with Crippen molar-refractivity contribution in [3.63, 3.8) is 0 Å². The van der Waals surface area contributed by atoms with E-state index in [4.69, 9.17) is 22.1 Å². The number of nitrogens with zero attached hydrogens (tertiary/aromatic N) is 6. The summed E-state index contributed by atoms with van der Waals surface area (Å²) < 4.78 is 12.9. The third-order valence-electron chi connectivity index (χ3n) is 8.31. The third-order valence-corrected chi connectivity index (χ3v) is 13.1. The first-order chi connectivity index (χ1) is 24.1. The molecule has 5 aromatic rings. The molecule has 4 aromatic carbocycles. The Bertz CT molecular complexity index is 1990. The van der Waals surface area contributed by atoms with Crippen LogP contribution in [0.15, 0.2) is 115 Å². The van der Waals surface area contributed by atoms with Crippen LogP contribution in [0.1, 0.15) is 24.4 Å². The Morgan fingerprint density at radius 1 is 0.900 bits per heavy atom. The normalized spacial score (nSPS) is 16.2. The number of rotatable bonds is 11. The molecule has 1 fully saturated rings. The van der Waals surface area contributed by atoms with Gasteiger partial charge in [-0.25, -0.2) is 9.48 Å². The highest BCUT2D eigenvalue weighted by Gasteiger charge is 2.57. The second-order valence-corrected chi connectivity index (χ2v) is 15.2. The summed E-state index contributed by atoms with van der Waals surface area (Å²) in [5, 5.41) is 24.1. The lowest BCUT2D eigenvalue weighted by atomic mass is 9.91. The zero-order valence-electron chi connectivity index (χ0n) is 26.8. The number of thiol groups is 1. The molecule has 13 nitrogen and oxygen atoms in total. The van der Waals surface area contributed by atoms with Gasteiger partial charge in [0, 0.05) is 33.0 Å². The number of non-ortho nitro benzene ring substituents is 1. The van der Waals surface area contributed by atoms with Crippen LogP contribution in [0.25, 0.3) is 0 Å². The van der Waals surface area contributed by atoms with E-state index in [0.29, 0.717) is 5.56 Å². The van der Waals surface area contributed by atoms with Crippen LogP contribution in [-0.4, -0.2) is 58.7 Å². The van der Waals surface area contributed by atoms with Crippen LogP contribution in [0, 0.1) is 16.0 Å². The van der Waals surface area contributed by atoms with E-state index in [1.807, 2.05) is 91.0 Å². The van der Waals surface area contributed by atoms with E-state index in [-0.39, 0.29) is 23.5 Å². The smallest absolute Gasteiger partial charge is 0.356 e. The number of aromatic nitrogens is 4. The van der Waals surface area contributed by atoms with Gasteiger partial charge in [0.2, 0.25) is 5.91 Å². The van der Waals surface area contributed by atoms with Gasteiger partial charge in [-0.1, -0.05) is 91.0 Å². The molecule has 3 unspecified atom stereocenters. The molecule has 0 saturated carbocycles. The van der Waals surface area contributed by atoms with E-state index >= 15 is 0 Å².